The molecule has 3 rings (SSSR count). The molecule has 1 fully saturated rings. The molecular formula is C25H34N4O2S2. The summed E-state index contributed by atoms with van der Waals surface area (Å²) in [6, 6.07) is 3.83. The first-order valence-corrected chi connectivity index (χ1v) is 13.2. The summed E-state index contributed by atoms with van der Waals surface area (Å²) in [5.74, 6) is 0.527. The molecule has 2 aromatic rings. The second kappa shape index (κ2) is 11.8. The number of nitrogens with zero attached hydrogens (tertiary/aromatic N) is 4. The van der Waals surface area contributed by atoms with Crippen LogP contribution in [0.1, 0.15) is 70.4 Å². The number of thiocarbonyl (C=S) groups is 1. The molecule has 33 heavy (non-hydrogen) atoms. The number of pyridine rings is 1. The summed E-state index contributed by atoms with van der Waals surface area (Å²) in [5.41, 5.74) is 1.87. The van der Waals surface area contributed by atoms with Crippen molar-refractivity contribution in [3.63, 3.8) is 0 Å². The monoisotopic (exact) mass is 486 g/mol. The van der Waals surface area contributed by atoms with Crippen molar-refractivity contribution in [2.24, 2.45) is 0 Å². The molecule has 1 aliphatic rings. The van der Waals surface area contributed by atoms with E-state index < -0.39 is 0 Å². The topological polar surface area (TPSA) is 57.9 Å². The molecule has 0 N–H and O–H groups in total. The van der Waals surface area contributed by atoms with E-state index in [-0.39, 0.29) is 11.5 Å². The number of aromatic nitrogens is 2. The number of aryl methyl sites for hydroxylation is 1. The summed E-state index contributed by atoms with van der Waals surface area (Å²) < 4.78 is 2.14. The molecule has 178 valence electrons. The van der Waals surface area contributed by atoms with Gasteiger partial charge in [-0.05, 0) is 43.9 Å². The Hall–Kier alpha value is -2.19. The summed E-state index contributed by atoms with van der Waals surface area (Å²) in [7, 11) is 0. The van der Waals surface area contributed by atoms with Crippen molar-refractivity contribution in [3.8, 4) is 0 Å². The smallest absolute Gasteiger partial charge is 0.267 e. The summed E-state index contributed by atoms with van der Waals surface area (Å²) in [6.45, 7) is 10.6. The number of thioether (sulfide) groups is 1. The average molecular weight is 487 g/mol. The average Bonchev–Trinajstić information content (AvgIpc) is 3.06. The molecule has 8 heteroatoms. The van der Waals surface area contributed by atoms with Crippen LogP contribution in [-0.2, 0) is 4.79 Å². The number of hydrogen-bond acceptors (Lipinski definition) is 6. The Kier molecular flexibility index (Phi) is 9.09. The second-order valence-corrected chi connectivity index (χ2v) is 10.1. The normalized spacial score (nSPS) is 15.3. The standard InChI is InChI=1S/C25H34N4O2S2/c1-5-8-9-10-15-28-24(31)20(33-25(28)32)16-19-22(27(13-6-2)14-7-3)26-21-12-11-18(4)17-29(21)23(19)30/h11-12,16-17H,5-10,13-15H2,1-4H3. The van der Waals surface area contributed by atoms with Gasteiger partial charge in [-0.3, -0.25) is 18.9 Å². The van der Waals surface area contributed by atoms with Crippen molar-refractivity contribution in [2.45, 2.75) is 66.2 Å². The number of hydrogen-bond donors (Lipinski definition) is 0. The van der Waals surface area contributed by atoms with Crippen LogP contribution < -0.4 is 10.5 Å². The molecule has 0 spiro atoms. The highest BCUT2D eigenvalue weighted by Crippen LogP contribution is 2.33. The molecule has 0 aromatic carbocycles. The van der Waals surface area contributed by atoms with E-state index in [4.69, 9.17) is 17.2 Å². The Morgan fingerprint density at radius 3 is 2.45 bits per heavy atom. The van der Waals surface area contributed by atoms with Gasteiger partial charge >= 0.3 is 0 Å². The van der Waals surface area contributed by atoms with Crippen LogP contribution in [0.25, 0.3) is 11.7 Å². The third kappa shape index (κ3) is 5.84. The maximum absolute atomic E-state index is 13.6. The highest BCUT2D eigenvalue weighted by molar-refractivity contribution is 8.26. The van der Waals surface area contributed by atoms with E-state index in [2.05, 4.69) is 25.7 Å². The molecule has 0 aliphatic carbocycles. The van der Waals surface area contributed by atoms with Crippen LogP contribution in [0.4, 0.5) is 5.82 Å². The lowest BCUT2D eigenvalue weighted by atomic mass is 10.2. The summed E-state index contributed by atoms with van der Waals surface area (Å²) in [4.78, 5) is 35.9. The van der Waals surface area contributed by atoms with Crippen LogP contribution in [0.15, 0.2) is 28.0 Å². The fourth-order valence-corrected chi connectivity index (χ4v) is 5.29. The van der Waals surface area contributed by atoms with E-state index in [1.165, 1.54) is 11.8 Å². The highest BCUT2D eigenvalue weighted by Gasteiger charge is 2.32. The van der Waals surface area contributed by atoms with Gasteiger partial charge in [0.2, 0.25) is 0 Å². The van der Waals surface area contributed by atoms with E-state index in [0.29, 0.717) is 32.8 Å². The number of carbonyl (C=O) groups excluding carboxylic acids is 1. The van der Waals surface area contributed by atoms with Gasteiger partial charge in [0.15, 0.2) is 0 Å². The minimum absolute atomic E-state index is 0.112. The van der Waals surface area contributed by atoms with Crippen LogP contribution in [0, 0.1) is 6.92 Å². The number of anilines is 1. The molecule has 1 aliphatic heterocycles. The zero-order valence-electron chi connectivity index (χ0n) is 20.1. The highest BCUT2D eigenvalue weighted by atomic mass is 32.2. The van der Waals surface area contributed by atoms with E-state index >= 15 is 0 Å². The van der Waals surface area contributed by atoms with E-state index in [0.717, 1.165) is 57.2 Å². The molecule has 6 nitrogen and oxygen atoms in total. The van der Waals surface area contributed by atoms with Crippen molar-refractivity contribution in [1.29, 1.82) is 0 Å². The summed E-state index contributed by atoms with van der Waals surface area (Å²) >= 11 is 6.78. The van der Waals surface area contributed by atoms with E-state index in [9.17, 15) is 9.59 Å². The number of carbonyl (C=O) groups is 1. The Morgan fingerprint density at radius 2 is 1.79 bits per heavy atom. The Morgan fingerprint density at radius 1 is 1.06 bits per heavy atom. The third-order valence-corrected chi connectivity index (χ3v) is 7.03. The lowest BCUT2D eigenvalue weighted by Gasteiger charge is -2.24. The summed E-state index contributed by atoms with van der Waals surface area (Å²) in [6.07, 6.45) is 9.69. The zero-order valence-corrected chi connectivity index (χ0v) is 21.7. The van der Waals surface area contributed by atoms with Crippen LogP contribution in [0.3, 0.4) is 0 Å². The van der Waals surface area contributed by atoms with Crippen molar-refractivity contribution in [3.05, 3.63) is 44.7 Å². The van der Waals surface area contributed by atoms with Crippen LogP contribution in [-0.4, -0.2) is 44.1 Å². The number of unbranched alkanes of at least 4 members (excludes halogenated alkanes) is 3. The second-order valence-electron chi connectivity index (χ2n) is 8.47. The molecule has 0 atom stereocenters. The molecule has 1 amide bonds. The molecule has 3 heterocycles. The van der Waals surface area contributed by atoms with Gasteiger partial charge in [-0.15, -0.1) is 0 Å². The zero-order chi connectivity index (χ0) is 24.0. The summed E-state index contributed by atoms with van der Waals surface area (Å²) in [5, 5.41) is 0. The first-order chi connectivity index (χ1) is 15.9. The first kappa shape index (κ1) is 25.4. The Labute approximate surface area is 206 Å². The van der Waals surface area contributed by atoms with Crippen molar-refractivity contribution < 1.29 is 4.79 Å². The maximum Gasteiger partial charge on any atom is 0.267 e. The quantitative estimate of drug-likeness (QED) is 0.240. The Balaban J connectivity index is 2.06. The molecule has 1 saturated heterocycles. The minimum atomic E-state index is -0.163. The van der Waals surface area contributed by atoms with Crippen molar-refractivity contribution in [2.75, 3.05) is 24.5 Å². The Bertz CT molecular complexity index is 1100. The van der Waals surface area contributed by atoms with Gasteiger partial charge in [-0.1, -0.05) is 70.1 Å². The number of fused-ring (bicyclic) bond motifs is 1. The fraction of sp³-hybridized carbons (Fsp3) is 0.520. The molecular weight excluding hydrogens is 452 g/mol. The number of amides is 1. The largest absolute Gasteiger partial charge is 0.356 e. The van der Waals surface area contributed by atoms with Crippen molar-refractivity contribution >= 4 is 51.7 Å². The van der Waals surface area contributed by atoms with Crippen molar-refractivity contribution in [1.82, 2.24) is 14.3 Å². The fourth-order valence-electron chi connectivity index (χ4n) is 4.00. The van der Waals surface area contributed by atoms with Crippen LogP contribution in [0.5, 0.6) is 0 Å². The van der Waals surface area contributed by atoms with Gasteiger partial charge in [0.05, 0.1) is 10.5 Å². The lowest BCUT2D eigenvalue weighted by Crippen LogP contribution is -2.31. The predicted molar refractivity (Wildman–Crippen MR) is 143 cm³/mol. The third-order valence-electron chi connectivity index (χ3n) is 5.66. The minimum Gasteiger partial charge on any atom is -0.356 e. The molecule has 2 aromatic heterocycles. The van der Waals surface area contributed by atoms with E-state index in [1.807, 2.05) is 19.1 Å². The van der Waals surface area contributed by atoms with E-state index in [1.54, 1.807) is 21.6 Å². The first-order valence-electron chi connectivity index (χ1n) is 11.9. The van der Waals surface area contributed by atoms with Crippen LogP contribution >= 0.6 is 24.0 Å². The molecule has 0 bridgehead atoms. The van der Waals surface area contributed by atoms with Gasteiger partial charge < -0.3 is 4.90 Å². The number of rotatable bonds is 11. The molecule has 0 saturated carbocycles. The maximum atomic E-state index is 13.6. The molecule has 0 radical (unpaired) electrons. The van der Waals surface area contributed by atoms with Gasteiger partial charge in [-0.2, -0.15) is 0 Å². The van der Waals surface area contributed by atoms with Gasteiger partial charge in [0.1, 0.15) is 15.8 Å². The SMILES string of the molecule is CCCCCCN1C(=O)C(=Cc2c(N(CCC)CCC)nc3ccc(C)cn3c2=O)SC1=S. The van der Waals surface area contributed by atoms with Gasteiger partial charge in [0.25, 0.3) is 11.5 Å². The lowest BCUT2D eigenvalue weighted by molar-refractivity contribution is -0.122. The van der Waals surface area contributed by atoms with Gasteiger partial charge in [0, 0.05) is 25.8 Å². The van der Waals surface area contributed by atoms with Crippen LogP contribution in [0.2, 0.25) is 0 Å². The predicted octanol–water partition coefficient (Wildman–Crippen LogP) is 5.41. The molecule has 0 unspecified atom stereocenters. The van der Waals surface area contributed by atoms with Gasteiger partial charge in [-0.25, -0.2) is 4.98 Å².